The van der Waals surface area contributed by atoms with E-state index in [0.717, 1.165) is 5.39 Å². The molecule has 0 unspecified atom stereocenters. The van der Waals surface area contributed by atoms with E-state index in [9.17, 15) is 4.79 Å². The van der Waals surface area contributed by atoms with Gasteiger partial charge in [0.1, 0.15) is 11.8 Å². The van der Waals surface area contributed by atoms with Gasteiger partial charge in [-0.1, -0.05) is 18.2 Å². The summed E-state index contributed by atoms with van der Waals surface area (Å²) in [7, 11) is 0. The Hall–Kier alpha value is -1.77. The number of nitrogens with zero attached hydrogens (tertiary/aromatic N) is 1. The summed E-state index contributed by atoms with van der Waals surface area (Å²) in [6.07, 6.45) is 1.38. The van der Waals surface area contributed by atoms with Crippen molar-refractivity contribution in [1.82, 2.24) is 0 Å². The molecule has 0 fully saturated rings. The van der Waals surface area contributed by atoms with Gasteiger partial charge in [0.25, 0.3) is 5.91 Å². The molecule has 2 rings (SSSR count). The molecule has 1 heterocycles. The third-order valence-electron chi connectivity index (χ3n) is 1.86. The van der Waals surface area contributed by atoms with Gasteiger partial charge >= 0.3 is 0 Å². The van der Waals surface area contributed by atoms with Gasteiger partial charge in [0, 0.05) is 5.39 Å². The molecule has 0 aliphatic rings. The van der Waals surface area contributed by atoms with E-state index in [1.807, 2.05) is 17.3 Å². The summed E-state index contributed by atoms with van der Waals surface area (Å²) in [4.78, 5) is 14.7. The summed E-state index contributed by atoms with van der Waals surface area (Å²) in [5, 5.41) is 2.78. The maximum absolute atomic E-state index is 11.4. The zero-order chi connectivity index (χ0) is 9.97. The second-order valence-electron chi connectivity index (χ2n) is 2.65. The molecule has 0 saturated carbocycles. The summed E-state index contributed by atoms with van der Waals surface area (Å²) in [6.45, 7) is 0. The third kappa shape index (κ3) is 1.37. The van der Waals surface area contributed by atoms with Gasteiger partial charge in [0.15, 0.2) is 0 Å². The Morgan fingerprint density at radius 2 is 2.21 bits per heavy atom. The van der Waals surface area contributed by atoms with Crippen molar-refractivity contribution in [3.05, 3.63) is 36.1 Å². The Morgan fingerprint density at radius 1 is 1.43 bits per heavy atom. The van der Waals surface area contributed by atoms with Crippen LogP contribution in [0.4, 0.5) is 0 Å². The number of hydrogen-bond acceptors (Lipinski definition) is 3. The molecule has 4 heteroatoms. The van der Waals surface area contributed by atoms with Gasteiger partial charge in [0.2, 0.25) is 0 Å². The Bertz CT molecular complexity index is 538. The van der Waals surface area contributed by atoms with E-state index in [4.69, 9.17) is 4.42 Å². The second-order valence-corrected chi connectivity index (χ2v) is 2.84. The number of furan rings is 1. The van der Waals surface area contributed by atoms with Crippen molar-refractivity contribution in [3.63, 3.8) is 0 Å². The van der Waals surface area contributed by atoms with E-state index in [1.165, 1.54) is 6.26 Å². The van der Waals surface area contributed by atoms with Crippen LogP contribution in [0, 0.1) is 0 Å². The zero-order valence-electron chi connectivity index (χ0n) is 7.06. The van der Waals surface area contributed by atoms with Crippen molar-refractivity contribution in [2.45, 2.75) is 0 Å². The topological polar surface area (TPSA) is 42.6 Å². The molecule has 0 atom stereocenters. The summed E-state index contributed by atoms with van der Waals surface area (Å²) in [6, 6.07) is 7.25. The molecule has 1 aromatic heterocycles. The molecule has 1 aromatic carbocycles. The molecule has 0 aliphatic carbocycles. The fraction of sp³-hybridized carbons (Fsp3) is 0. The normalized spacial score (nSPS) is 9.71. The van der Waals surface area contributed by atoms with Crippen molar-refractivity contribution in [1.29, 1.82) is 0 Å². The van der Waals surface area contributed by atoms with Crippen LogP contribution in [0.25, 0.3) is 11.0 Å². The maximum Gasteiger partial charge on any atom is 0.289 e. The van der Waals surface area contributed by atoms with Crippen molar-refractivity contribution < 1.29 is 9.21 Å². The molecular weight excluding hydrogens is 198 g/mol. The van der Waals surface area contributed by atoms with Crippen LogP contribution in [0.3, 0.4) is 0 Å². The van der Waals surface area contributed by atoms with Crippen LogP contribution in [0.15, 0.2) is 39.9 Å². The van der Waals surface area contributed by atoms with Gasteiger partial charge in [-0.2, -0.15) is 4.99 Å². The molecule has 0 spiro atoms. The molecule has 0 aliphatic heterocycles. The number of amides is 1. The zero-order valence-corrected chi connectivity index (χ0v) is 7.88. The number of rotatable bonds is 1. The molecule has 14 heavy (non-hydrogen) atoms. The SMILES string of the molecule is O=C(N=C=S)c1coc2ccccc12. The number of carbonyl (C=O) groups is 1. The van der Waals surface area contributed by atoms with Gasteiger partial charge in [-0.15, -0.1) is 0 Å². The predicted molar refractivity (Wildman–Crippen MR) is 55.6 cm³/mol. The fourth-order valence-electron chi connectivity index (χ4n) is 1.25. The highest BCUT2D eigenvalue weighted by Gasteiger charge is 2.11. The monoisotopic (exact) mass is 203 g/mol. The van der Waals surface area contributed by atoms with Crippen molar-refractivity contribution in [3.8, 4) is 0 Å². The molecule has 0 radical (unpaired) electrons. The summed E-state index contributed by atoms with van der Waals surface area (Å²) >= 11 is 4.36. The standard InChI is InChI=1S/C10H5NO2S/c12-10(11-6-14)8-5-13-9-4-2-1-3-7(8)9/h1-5H. The van der Waals surface area contributed by atoms with Crippen LogP contribution in [0.2, 0.25) is 0 Å². The first-order chi connectivity index (χ1) is 6.83. The smallest absolute Gasteiger partial charge is 0.289 e. The Kier molecular flexibility index (Phi) is 2.23. The molecule has 0 N–H and O–H groups in total. The van der Waals surface area contributed by atoms with Crippen LogP contribution < -0.4 is 0 Å². The number of benzene rings is 1. The largest absolute Gasteiger partial charge is 0.463 e. The van der Waals surface area contributed by atoms with Gasteiger partial charge in [-0.3, -0.25) is 4.79 Å². The Balaban J connectivity index is 2.64. The van der Waals surface area contributed by atoms with Crippen molar-refractivity contribution in [2.24, 2.45) is 4.99 Å². The molecule has 0 bridgehead atoms. The summed E-state index contributed by atoms with van der Waals surface area (Å²) in [5.41, 5.74) is 1.08. The number of aliphatic imine (C=N–C) groups is 1. The van der Waals surface area contributed by atoms with E-state index in [-0.39, 0.29) is 0 Å². The van der Waals surface area contributed by atoms with Gasteiger partial charge in [-0.25, -0.2) is 0 Å². The average Bonchev–Trinajstić information content (AvgIpc) is 2.61. The van der Waals surface area contributed by atoms with Crippen LogP contribution >= 0.6 is 12.2 Å². The Morgan fingerprint density at radius 3 is 3.00 bits per heavy atom. The average molecular weight is 203 g/mol. The van der Waals surface area contributed by atoms with Gasteiger partial charge < -0.3 is 4.42 Å². The lowest BCUT2D eigenvalue weighted by Crippen LogP contribution is -1.91. The third-order valence-corrected chi connectivity index (χ3v) is 1.95. The Labute approximate surface area is 85.1 Å². The minimum atomic E-state index is -0.426. The predicted octanol–water partition coefficient (Wildman–Crippen LogP) is 2.68. The molecule has 2 aromatic rings. The highest BCUT2D eigenvalue weighted by Crippen LogP contribution is 2.20. The van der Waals surface area contributed by atoms with Gasteiger partial charge in [0.05, 0.1) is 10.7 Å². The first kappa shape index (κ1) is 8.81. The van der Waals surface area contributed by atoms with E-state index in [0.29, 0.717) is 11.1 Å². The lowest BCUT2D eigenvalue weighted by atomic mass is 10.2. The van der Waals surface area contributed by atoms with Crippen LogP contribution in [-0.2, 0) is 0 Å². The van der Waals surface area contributed by atoms with E-state index >= 15 is 0 Å². The summed E-state index contributed by atoms with van der Waals surface area (Å²) < 4.78 is 5.17. The minimum Gasteiger partial charge on any atom is -0.463 e. The van der Waals surface area contributed by atoms with Crippen LogP contribution in [0.5, 0.6) is 0 Å². The molecular formula is C10H5NO2S. The molecule has 0 saturated heterocycles. The highest BCUT2D eigenvalue weighted by molar-refractivity contribution is 7.78. The van der Waals surface area contributed by atoms with E-state index < -0.39 is 5.91 Å². The number of fused-ring (bicyclic) bond motifs is 1. The molecule has 1 amide bonds. The number of isothiocyanates is 1. The molecule has 68 valence electrons. The lowest BCUT2D eigenvalue weighted by molar-refractivity contribution is 0.100. The highest BCUT2D eigenvalue weighted by atomic mass is 32.1. The first-order valence-electron chi connectivity index (χ1n) is 3.91. The van der Waals surface area contributed by atoms with Crippen molar-refractivity contribution >= 4 is 34.3 Å². The number of thiocarbonyl (C=S) groups is 1. The number of carbonyl (C=O) groups excluding carboxylic acids is 1. The van der Waals surface area contributed by atoms with E-state index in [2.05, 4.69) is 17.2 Å². The summed E-state index contributed by atoms with van der Waals surface area (Å²) in [5.74, 6) is -0.426. The van der Waals surface area contributed by atoms with Crippen LogP contribution in [-0.4, -0.2) is 11.1 Å². The second kappa shape index (κ2) is 3.54. The molecule has 3 nitrogen and oxygen atoms in total. The maximum atomic E-state index is 11.4. The lowest BCUT2D eigenvalue weighted by Gasteiger charge is -1.88. The fourth-order valence-corrected chi connectivity index (χ4v) is 1.33. The quantitative estimate of drug-likeness (QED) is 0.528. The van der Waals surface area contributed by atoms with E-state index in [1.54, 1.807) is 12.1 Å². The van der Waals surface area contributed by atoms with Gasteiger partial charge in [-0.05, 0) is 18.3 Å². The first-order valence-corrected chi connectivity index (χ1v) is 4.32. The van der Waals surface area contributed by atoms with Crippen molar-refractivity contribution in [2.75, 3.05) is 0 Å². The minimum absolute atomic E-state index is 0.415. The number of para-hydroxylation sites is 1. The number of hydrogen-bond donors (Lipinski definition) is 0. The van der Waals surface area contributed by atoms with Crippen LogP contribution in [0.1, 0.15) is 10.4 Å².